The van der Waals surface area contributed by atoms with Crippen LogP contribution in [0.1, 0.15) is 20.2 Å². The lowest BCUT2D eigenvalue weighted by atomic mass is 10.1. The van der Waals surface area contributed by atoms with Gasteiger partial charge < -0.3 is 10.1 Å². The minimum atomic E-state index is -2.17. The van der Waals surface area contributed by atoms with Crippen LogP contribution in [-0.4, -0.2) is 19.1 Å². The van der Waals surface area contributed by atoms with Gasteiger partial charge in [0.25, 0.3) is 0 Å². The summed E-state index contributed by atoms with van der Waals surface area (Å²) in [7, 11) is 1.19. The lowest BCUT2D eigenvalue weighted by molar-refractivity contribution is -0.140. The molecule has 3 heteroatoms. The molecule has 0 bridgehead atoms. The van der Waals surface area contributed by atoms with Gasteiger partial charge in [0.15, 0.2) is 0 Å². The van der Waals surface area contributed by atoms with Crippen LogP contribution in [-0.2, 0) is 16.1 Å². The Bertz CT molecular complexity index is 672. The van der Waals surface area contributed by atoms with Crippen LogP contribution < -0.4 is 5.32 Å². The molecule has 0 saturated carbocycles. The Balaban J connectivity index is 2.17. The molecule has 0 amide bonds. The average molecular weight is 297 g/mol. The first-order valence-corrected chi connectivity index (χ1v) is 7.13. The van der Waals surface area contributed by atoms with Crippen LogP contribution >= 0.6 is 0 Å². The predicted octanol–water partition coefficient (Wildman–Crippen LogP) is 3.42. The van der Waals surface area contributed by atoms with E-state index in [4.69, 9.17) is 2.74 Å². The topological polar surface area (TPSA) is 38.3 Å². The van der Waals surface area contributed by atoms with Gasteiger partial charge in [0, 0.05) is 15.3 Å². The highest BCUT2D eigenvalue weighted by molar-refractivity contribution is 5.70. The molecule has 0 aliphatic heterocycles. The molecule has 0 heterocycles. The summed E-state index contributed by atoms with van der Waals surface area (Å²) in [6.07, 6.45) is 1.29. The van der Waals surface area contributed by atoms with Gasteiger partial charge in [0.05, 0.1) is 13.5 Å². The highest BCUT2D eigenvalue weighted by Crippen LogP contribution is 2.06. The standard InChI is InChI=1S/C19H21NO2/c1-22-19(21)14-18(13-12-16-8-4-2-5-9-16)20-15-17-10-6-3-7-11-17/h2-13,18,20H,14-15H2,1H3/b13-12+/i14D2. The van der Waals surface area contributed by atoms with Crippen molar-refractivity contribution in [3.05, 3.63) is 77.9 Å². The number of benzene rings is 2. The largest absolute Gasteiger partial charge is 0.469 e. The van der Waals surface area contributed by atoms with E-state index in [9.17, 15) is 4.79 Å². The Morgan fingerprint density at radius 1 is 1.18 bits per heavy atom. The molecule has 2 aromatic carbocycles. The molecule has 0 aliphatic carbocycles. The maximum absolute atomic E-state index is 11.8. The third-order valence-electron chi connectivity index (χ3n) is 3.11. The van der Waals surface area contributed by atoms with Gasteiger partial charge in [0.2, 0.25) is 0 Å². The number of carbonyl (C=O) groups excluding carboxylic acids is 1. The highest BCUT2D eigenvalue weighted by atomic mass is 16.5. The van der Waals surface area contributed by atoms with Gasteiger partial charge in [-0.2, -0.15) is 0 Å². The summed E-state index contributed by atoms with van der Waals surface area (Å²) in [5.41, 5.74) is 1.95. The molecule has 2 aromatic rings. The molecule has 0 radical (unpaired) electrons. The fourth-order valence-electron chi connectivity index (χ4n) is 1.95. The van der Waals surface area contributed by atoms with Crippen molar-refractivity contribution < 1.29 is 12.3 Å². The number of methoxy groups -OCH3 is 1. The molecular formula is C19H21NO2. The fraction of sp³-hybridized carbons (Fsp3) is 0.211. The molecule has 2 rings (SSSR count). The monoisotopic (exact) mass is 297 g/mol. The summed E-state index contributed by atoms with van der Waals surface area (Å²) in [6, 6.07) is 18.4. The average Bonchev–Trinajstić information content (AvgIpc) is 2.62. The van der Waals surface area contributed by atoms with Gasteiger partial charge in [-0.15, -0.1) is 0 Å². The Kier molecular flexibility index (Phi) is 5.31. The Hall–Kier alpha value is -2.39. The quantitative estimate of drug-likeness (QED) is 0.796. The Morgan fingerprint density at radius 2 is 1.82 bits per heavy atom. The zero-order valence-corrected chi connectivity index (χ0v) is 12.5. The molecular weight excluding hydrogens is 274 g/mol. The molecule has 0 aliphatic rings. The van der Waals surface area contributed by atoms with E-state index in [1.54, 1.807) is 12.2 Å². The fourth-order valence-corrected chi connectivity index (χ4v) is 1.95. The molecule has 1 atom stereocenters. The summed E-state index contributed by atoms with van der Waals surface area (Å²) < 4.78 is 20.8. The van der Waals surface area contributed by atoms with E-state index in [0.29, 0.717) is 6.54 Å². The van der Waals surface area contributed by atoms with Gasteiger partial charge in [0.1, 0.15) is 0 Å². The van der Waals surface area contributed by atoms with Crippen molar-refractivity contribution in [2.45, 2.75) is 19.0 Å². The van der Waals surface area contributed by atoms with E-state index < -0.39 is 18.4 Å². The summed E-state index contributed by atoms with van der Waals surface area (Å²) in [4.78, 5) is 11.8. The lowest BCUT2D eigenvalue weighted by Crippen LogP contribution is -2.29. The van der Waals surface area contributed by atoms with E-state index in [-0.39, 0.29) is 0 Å². The third-order valence-corrected chi connectivity index (χ3v) is 3.11. The van der Waals surface area contributed by atoms with E-state index in [2.05, 4.69) is 10.1 Å². The summed E-state index contributed by atoms with van der Waals surface area (Å²) in [6.45, 7) is 0.446. The maximum Gasteiger partial charge on any atom is 0.307 e. The van der Waals surface area contributed by atoms with Gasteiger partial charge in [-0.25, -0.2) is 0 Å². The highest BCUT2D eigenvalue weighted by Gasteiger charge is 2.10. The van der Waals surface area contributed by atoms with E-state index in [1.807, 2.05) is 60.7 Å². The second kappa shape index (κ2) is 8.80. The van der Waals surface area contributed by atoms with Crippen LogP contribution in [0.2, 0.25) is 0 Å². The zero-order chi connectivity index (χ0) is 17.4. The van der Waals surface area contributed by atoms with Gasteiger partial charge >= 0.3 is 5.97 Å². The van der Waals surface area contributed by atoms with E-state index in [0.717, 1.165) is 11.1 Å². The van der Waals surface area contributed by atoms with Crippen molar-refractivity contribution in [3.8, 4) is 0 Å². The second-order valence-electron chi connectivity index (χ2n) is 4.75. The molecule has 0 spiro atoms. The van der Waals surface area contributed by atoms with E-state index >= 15 is 0 Å². The molecule has 114 valence electrons. The van der Waals surface area contributed by atoms with Crippen LogP contribution in [0, 0.1) is 0 Å². The first-order valence-electron chi connectivity index (χ1n) is 8.13. The van der Waals surface area contributed by atoms with Crippen molar-refractivity contribution in [2.75, 3.05) is 7.11 Å². The lowest BCUT2D eigenvalue weighted by Gasteiger charge is -2.14. The normalized spacial score (nSPS) is 14.2. The zero-order valence-electron chi connectivity index (χ0n) is 14.5. The van der Waals surface area contributed by atoms with Crippen molar-refractivity contribution in [1.82, 2.24) is 5.32 Å². The first kappa shape index (κ1) is 13.3. The van der Waals surface area contributed by atoms with Crippen molar-refractivity contribution in [1.29, 1.82) is 0 Å². The molecule has 1 unspecified atom stereocenters. The number of hydrogen-bond acceptors (Lipinski definition) is 3. The van der Waals surface area contributed by atoms with E-state index in [1.165, 1.54) is 7.11 Å². The van der Waals surface area contributed by atoms with Gasteiger partial charge in [-0.1, -0.05) is 72.8 Å². The number of nitrogens with one attached hydrogen (secondary N) is 1. The number of esters is 1. The van der Waals surface area contributed by atoms with Crippen LogP contribution in [0.5, 0.6) is 0 Å². The molecule has 1 N–H and O–H groups in total. The SMILES string of the molecule is [2H]C([2H])(C(=O)OC)C(/C=C/c1ccccc1)NCc1ccccc1. The van der Waals surface area contributed by atoms with Gasteiger partial charge in [-0.05, 0) is 11.1 Å². The van der Waals surface area contributed by atoms with Crippen LogP contribution in [0.15, 0.2) is 66.7 Å². The van der Waals surface area contributed by atoms with Crippen LogP contribution in [0.4, 0.5) is 0 Å². The number of ether oxygens (including phenoxy) is 1. The first-order chi connectivity index (χ1) is 11.5. The summed E-state index contributed by atoms with van der Waals surface area (Å²) >= 11 is 0. The molecule has 0 saturated heterocycles. The number of rotatable bonds is 7. The maximum atomic E-state index is 11.8. The van der Waals surface area contributed by atoms with Crippen LogP contribution in [0.3, 0.4) is 0 Å². The molecule has 0 fully saturated rings. The number of carbonyl (C=O) groups is 1. The number of hydrogen-bond donors (Lipinski definition) is 1. The summed E-state index contributed by atoms with van der Waals surface area (Å²) in [5.74, 6) is -0.897. The minimum absolute atomic E-state index is 0.446. The predicted molar refractivity (Wildman–Crippen MR) is 89.2 cm³/mol. The van der Waals surface area contributed by atoms with Crippen LogP contribution in [0.25, 0.3) is 6.08 Å². The molecule has 3 nitrogen and oxygen atoms in total. The van der Waals surface area contributed by atoms with Gasteiger partial charge in [-0.3, -0.25) is 4.79 Å². The Labute approximate surface area is 134 Å². The Morgan fingerprint density at radius 3 is 2.45 bits per heavy atom. The molecule has 22 heavy (non-hydrogen) atoms. The van der Waals surface area contributed by atoms with Crippen molar-refractivity contribution in [2.24, 2.45) is 0 Å². The molecule has 0 aromatic heterocycles. The van der Waals surface area contributed by atoms with Crippen molar-refractivity contribution in [3.63, 3.8) is 0 Å². The third kappa shape index (κ3) is 5.54. The summed E-state index contributed by atoms with van der Waals surface area (Å²) in [5, 5.41) is 3.10. The second-order valence-corrected chi connectivity index (χ2v) is 4.75. The minimum Gasteiger partial charge on any atom is -0.469 e. The van der Waals surface area contributed by atoms with Crippen molar-refractivity contribution >= 4 is 12.0 Å². The smallest absolute Gasteiger partial charge is 0.307 e.